The third-order valence-corrected chi connectivity index (χ3v) is 7.14. The van der Waals surface area contributed by atoms with E-state index >= 15 is 0 Å². The Kier molecular flexibility index (Phi) is 5.15. The molecule has 2 heterocycles. The smallest absolute Gasteiger partial charge is 0.265 e. The zero-order valence-corrected chi connectivity index (χ0v) is 16.8. The Labute approximate surface area is 157 Å². The number of benzene rings is 1. The van der Waals surface area contributed by atoms with Gasteiger partial charge in [0.15, 0.2) is 11.0 Å². The highest BCUT2D eigenvalue weighted by atomic mass is 32.2. The molecule has 0 aliphatic heterocycles. The SMILES string of the molecule is CC[C@H](C)c1csc(N(C)S(=O)(=O)c2ccc(-c3coc(C)n3)cc2)n1. The van der Waals surface area contributed by atoms with Crippen molar-refractivity contribution in [3.8, 4) is 11.3 Å². The Balaban J connectivity index is 1.86. The topological polar surface area (TPSA) is 76.3 Å². The number of oxazole rings is 1. The summed E-state index contributed by atoms with van der Waals surface area (Å²) >= 11 is 1.34. The molecule has 0 saturated heterocycles. The van der Waals surface area contributed by atoms with Crippen LogP contribution in [-0.4, -0.2) is 25.4 Å². The van der Waals surface area contributed by atoms with Crippen molar-refractivity contribution in [2.45, 2.75) is 38.0 Å². The molecule has 3 rings (SSSR count). The van der Waals surface area contributed by atoms with E-state index in [9.17, 15) is 8.42 Å². The number of nitrogens with zero attached hydrogens (tertiary/aromatic N) is 3. The van der Waals surface area contributed by atoms with Crippen LogP contribution < -0.4 is 4.31 Å². The lowest BCUT2D eigenvalue weighted by atomic mass is 10.1. The predicted octanol–water partition coefficient (Wildman–Crippen LogP) is 4.45. The van der Waals surface area contributed by atoms with Crippen LogP contribution in [0.5, 0.6) is 0 Å². The van der Waals surface area contributed by atoms with Gasteiger partial charge >= 0.3 is 0 Å². The molecule has 0 aliphatic carbocycles. The minimum Gasteiger partial charge on any atom is -0.449 e. The zero-order chi connectivity index (χ0) is 18.9. The van der Waals surface area contributed by atoms with E-state index in [0.717, 1.165) is 17.7 Å². The molecule has 3 aromatic rings. The van der Waals surface area contributed by atoms with E-state index in [1.165, 1.54) is 22.7 Å². The van der Waals surface area contributed by atoms with Crippen molar-refractivity contribution in [1.29, 1.82) is 0 Å². The maximum atomic E-state index is 12.9. The summed E-state index contributed by atoms with van der Waals surface area (Å²) in [5, 5.41) is 2.39. The summed E-state index contributed by atoms with van der Waals surface area (Å²) in [6, 6.07) is 6.61. The molecule has 1 atom stereocenters. The first-order chi connectivity index (χ1) is 12.3. The molecule has 0 N–H and O–H groups in total. The fraction of sp³-hybridized carbons (Fsp3) is 0.333. The van der Waals surface area contributed by atoms with Gasteiger partial charge in [-0.25, -0.2) is 22.7 Å². The van der Waals surface area contributed by atoms with Gasteiger partial charge in [0.1, 0.15) is 12.0 Å². The second-order valence-corrected chi connectivity index (χ2v) is 8.92. The molecular formula is C18H21N3O3S2. The van der Waals surface area contributed by atoms with E-state index in [-0.39, 0.29) is 4.90 Å². The fourth-order valence-electron chi connectivity index (χ4n) is 2.41. The number of thiazole rings is 1. The number of aromatic nitrogens is 2. The number of rotatable bonds is 6. The normalized spacial score (nSPS) is 12.9. The Bertz CT molecular complexity index is 991. The highest BCUT2D eigenvalue weighted by molar-refractivity contribution is 7.93. The molecule has 0 bridgehead atoms. The van der Waals surface area contributed by atoms with Gasteiger partial charge in [-0.1, -0.05) is 26.0 Å². The van der Waals surface area contributed by atoms with Gasteiger partial charge < -0.3 is 4.42 Å². The molecule has 0 amide bonds. The van der Waals surface area contributed by atoms with Crippen molar-refractivity contribution >= 4 is 26.5 Å². The summed E-state index contributed by atoms with van der Waals surface area (Å²) in [5.41, 5.74) is 2.40. The van der Waals surface area contributed by atoms with E-state index in [0.29, 0.717) is 22.6 Å². The van der Waals surface area contributed by atoms with Crippen molar-refractivity contribution < 1.29 is 12.8 Å². The van der Waals surface area contributed by atoms with Gasteiger partial charge in [0, 0.05) is 24.9 Å². The van der Waals surface area contributed by atoms with Crippen LogP contribution in [0.25, 0.3) is 11.3 Å². The summed E-state index contributed by atoms with van der Waals surface area (Å²) in [7, 11) is -2.14. The second-order valence-electron chi connectivity index (χ2n) is 6.11. The molecule has 0 unspecified atom stereocenters. The number of hydrogen-bond donors (Lipinski definition) is 0. The van der Waals surface area contributed by atoms with Crippen molar-refractivity contribution in [2.75, 3.05) is 11.4 Å². The molecule has 1 aromatic carbocycles. The summed E-state index contributed by atoms with van der Waals surface area (Å²) in [4.78, 5) is 8.94. The van der Waals surface area contributed by atoms with Crippen molar-refractivity contribution in [1.82, 2.24) is 9.97 Å². The van der Waals surface area contributed by atoms with Gasteiger partial charge in [-0.3, -0.25) is 0 Å². The van der Waals surface area contributed by atoms with Crippen LogP contribution in [0.1, 0.15) is 37.8 Å². The first kappa shape index (κ1) is 18.6. The monoisotopic (exact) mass is 391 g/mol. The molecule has 26 heavy (non-hydrogen) atoms. The van der Waals surface area contributed by atoms with Crippen LogP contribution in [0.4, 0.5) is 5.13 Å². The van der Waals surface area contributed by atoms with Crippen LogP contribution in [0.2, 0.25) is 0 Å². The first-order valence-corrected chi connectivity index (χ1v) is 10.6. The highest BCUT2D eigenvalue weighted by Gasteiger charge is 2.24. The quantitative estimate of drug-likeness (QED) is 0.621. The van der Waals surface area contributed by atoms with Crippen molar-refractivity contribution in [3.05, 3.63) is 47.5 Å². The lowest BCUT2D eigenvalue weighted by molar-refractivity contribution is 0.521. The number of anilines is 1. The summed E-state index contributed by atoms with van der Waals surface area (Å²) < 4.78 is 32.2. The molecule has 0 radical (unpaired) electrons. The van der Waals surface area contributed by atoms with E-state index in [1.807, 2.05) is 5.38 Å². The molecule has 6 nitrogen and oxygen atoms in total. The van der Waals surface area contributed by atoms with Crippen LogP contribution in [0.15, 0.2) is 45.2 Å². The average molecular weight is 392 g/mol. The lowest BCUT2D eigenvalue weighted by Gasteiger charge is -2.16. The predicted molar refractivity (Wildman–Crippen MR) is 103 cm³/mol. The Hall–Kier alpha value is -2.19. The largest absolute Gasteiger partial charge is 0.449 e. The Morgan fingerprint density at radius 3 is 2.50 bits per heavy atom. The lowest BCUT2D eigenvalue weighted by Crippen LogP contribution is -2.26. The fourth-order valence-corrected chi connectivity index (χ4v) is 4.69. The van der Waals surface area contributed by atoms with Crippen molar-refractivity contribution in [3.63, 3.8) is 0 Å². The standard InChI is InChI=1S/C18H21N3O3S2/c1-5-12(2)17-11-25-18(20-17)21(4)26(22,23)15-8-6-14(7-9-15)16-10-24-13(3)19-16/h6-12H,5H2,1-4H3/t12-/m0/s1. The van der Waals surface area contributed by atoms with Crippen LogP contribution in [0, 0.1) is 6.92 Å². The van der Waals surface area contributed by atoms with Crippen LogP contribution in [-0.2, 0) is 10.0 Å². The van der Waals surface area contributed by atoms with Crippen LogP contribution >= 0.6 is 11.3 Å². The maximum absolute atomic E-state index is 12.9. The van der Waals surface area contributed by atoms with Crippen LogP contribution in [0.3, 0.4) is 0 Å². The molecule has 8 heteroatoms. The van der Waals surface area contributed by atoms with Gasteiger partial charge in [0.05, 0.1) is 10.6 Å². The first-order valence-electron chi connectivity index (χ1n) is 8.30. The highest BCUT2D eigenvalue weighted by Crippen LogP contribution is 2.30. The van der Waals surface area contributed by atoms with E-state index in [1.54, 1.807) is 37.5 Å². The van der Waals surface area contributed by atoms with Gasteiger partial charge in [0.25, 0.3) is 10.0 Å². The molecule has 0 aliphatic rings. The number of hydrogen-bond acceptors (Lipinski definition) is 6. The summed E-state index contributed by atoms with van der Waals surface area (Å²) in [6.07, 6.45) is 2.51. The minimum atomic E-state index is -3.67. The van der Waals surface area contributed by atoms with Crippen molar-refractivity contribution in [2.24, 2.45) is 0 Å². The third-order valence-electron chi connectivity index (χ3n) is 4.32. The number of sulfonamides is 1. The average Bonchev–Trinajstić information content (AvgIpc) is 3.29. The van der Waals surface area contributed by atoms with E-state index in [4.69, 9.17) is 4.42 Å². The minimum absolute atomic E-state index is 0.212. The van der Waals surface area contributed by atoms with Gasteiger partial charge in [-0.15, -0.1) is 11.3 Å². The van der Waals surface area contributed by atoms with E-state index < -0.39 is 10.0 Å². The van der Waals surface area contributed by atoms with Gasteiger partial charge in [0.2, 0.25) is 0 Å². The van der Waals surface area contributed by atoms with Gasteiger partial charge in [-0.05, 0) is 24.5 Å². The zero-order valence-electron chi connectivity index (χ0n) is 15.1. The molecule has 138 valence electrons. The molecular weight excluding hydrogens is 370 g/mol. The summed E-state index contributed by atoms with van der Waals surface area (Å²) in [5.74, 6) is 0.874. The molecule has 2 aromatic heterocycles. The molecule has 0 spiro atoms. The second kappa shape index (κ2) is 7.20. The Morgan fingerprint density at radius 2 is 1.92 bits per heavy atom. The molecule has 0 saturated carbocycles. The number of aryl methyl sites for hydroxylation is 1. The third kappa shape index (κ3) is 3.52. The summed E-state index contributed by atoms with van der Waals surface area (Å²) in [6.45, 7) is 5.93. The Morgan fingerprint density at radius 1 is 1.23 bits per heavy atom. The van der Waals surface area contributed by atoms with E-state index in [2.05, 4.69) is 23.8 Å². The van der Waals surface area contributed by atoms with Gasteiger partial charge in [-0.2, -0.15) is 0 Å². The maximum Gasteiger partial charge on any atom is 0.265 e. The molecule has 0 fully saturated rings.